The lowest BCUT2D eigenvalue weighted by atomic mass is 9.72. The number of H-pyrrole nitrogens is 1. The number of aromatic nitrogens is 3. The summed E-state index contributed by atoms with van der Waals surface area (Å²) in [6.07, 6.45) is 8.76. The predicted octanol–water partition coefficient (Wildman–Crippen LogP) is 6.14. The van der Waals surface area contributed by atoms with Crippen LogP contribution >= 0.6 is 0 Å². The summed E-state index contributed by atoms with van der Waals surface area (Å²) in [5.41, 5.74) is 12.8. The Morgan fingerprint density at radius 1 is 1.03 bits per heavy atom. The number of aromatic amines is 1. The van der Waals surface area contributed by atoms with E-state index in [0.717, 1.165) is 29.4 Å². The van der Waals surface area contributed by atoms with Crippen molar-refractivity contribution in [1.82, 2.24) is 15.0 Å². The van der Waals surface area contributed by atoms with E-state index in [2.05, 4.69) is 75.0 Å². The van der Waals surface area contributed by atoms with Crippen LogP contribution in [0.15, 0.2) is 84.1 Å². The SMILES string of the molecule is CC1Cc2c(ccc3c2c(CO)cc2ccccc23)CC1c1c[nH]c2c(N)ncnc12.c1ccoc1. The van der Waals surface area contributed by atoms with Crippen LogP contribution in [0.4, 0.5) is 5.82 Å². The van der Waals surface area contributed by atoms with Gasteiger partial charge in [-0.3, -0.25) is 0 Å². The van der Waals surface area contributed by atoms with E-state index >= 15 is 0 Å². The van der Waals surface area contributed by atoms with Crippen molar-refractivity contribution in [2.75, 3.05) is 5.73 Å². The van der Waals surface area contributed by atoms with Gasteiger partial charge in [-0.2, -0.15) is 0 Å². The number of nitrogens with two attached hydrogens (primary N) is 1. The predicted molar refractivity (Wildman–Crippen MR) is 144 cm³/mol. The number of benzene rings is 3. The van der Waals surface area contributed by atoms with Crippen LogP contribution in [0.3, 0.4) is 0 Å². The number of fused-ring (bicyclic) bond motifs is 6. The lowest BCUT2D eigenvalue weighted by molar-refractivity contribution is 0.283. The highest BCUT2D eigenvalue weighted by Gasteiger charge is 2.31. The monoisotopic (exact) mass is 476 g/mol. The average molecular weight is 477 g/mol. The molecule has 0 fully saturated rings. The molecule has 2 atom stereocenters. The highest BCUT2D eigenvalue weighted by molar-refractivity contribution is 6.10. The fourth-order valence-corrected chi connectivity index (χ4v) is 5.77. The van der Waals surface area contributed by atoms with Crippen LogP contribution in [0.5, 0.6) is 0 Å². The Morgan fingerprint density at radius 3 is 2.64 bits per heavy atom. The van der Waals surface area contributed by atoms with Crippen molar-refractivity contribution in [3.05, 3.63) is 102 Å². The Labute approximate surface area is 208 Å². The molecule has 0 bridgehead atoms. The quantitative estimate of drug-likeness (QED) is 0.261. The zero-order valence-electron chi connectivity index (χ0n) is 20.1. The lowest BCUT2D eigenvalue weighted by Crippen LogP contribution is -2.22. The Kier molecular flexibility index (Phi) is 5.66. The summed E-state index contributed by atoms with van der Waals surface area (Å²) >= 11 is 0. The first-order chi connectivity index (χ1) is 17.7. The fourth-order valence-electron chi connectivity index (χ4n) is 5.77. The molecule has 2 unspecified atom stereocenters. The van der Waals surface area contributed by atoms with Crippen molar-refractivity contribution in [3.8, 4) is 0 Å². The third-order valence-corrected chi connectivity index (χ3v) is 7.48. The van der Waals surface area contributed by atoms with Crippen LogP contribution in [-0.2, 0) is 19.4 Å². The molecule has 6 nitrogen and oxygen atoms in total. The minimum atomic E-state index is 0.0498. The summed E-state index contributed by atoms with van der Waals surface area (Å²) in [6, 6.07) is 18.8. The number of nitrogens with one attached hydrogen (secondary N) is 1. The molecular weight excluding hydrogens is 448 g/mol. The summed E-state index contributed by atoms with van der Waals surface area (Å²) in [5.74, 6) is 1.28. The van der Waals surface area contributed by atoms with Gasteiger partial charge in [-0.25, -0.2) is 9.97 Å². The number of hydrogen-bond acceptors (Lipinski definition) is 5. The van der Waals surface area contributed by atoms with Crippen LogP contribution in [0, 0.1) is 5.92 Å². The van der Waals surface area contributed by atoms with E-state index < -0.39 is 0 Å². The second-order valence-electron chi connectivity index (χ2n) is 9.55. The van der Waals surface area contributed by atoms with E-state index in [4.69, 9.17) is 5.73 Å². The topological polar surface area (TPSA) is 101 Å². The zero-order chi connectivity index (χ0) is 24.6. The summed E-state index contributed by atoms with van der Waals surface area (Å²) in [6.45, 7) is 2.36. The van der Waals surface area contributed by atoms with Crippen LogP contribution < -0.4 is 5.73 Å². The third-order valence-electron chi connectivity index (χ3n) is 7.48. The van der Waals surface area contributed by atoms with Crippen LogP contribution in [0.2, 0.25) is 0 Å². The van der Waals surface area contributed by atoms with E-state index in [-0.39, 0.29) is 6.61 Å². The maximum atomic E-state index is 10.2. The van der Waals surface area contributed by atoms with Crippen molar-refractivity contribution in [1.29, 1.82) is 0 Å². The summed E-state index contributed by atoms with van der Waals surface area (Å²) in [4.78, 5) is 11.9. The van der Waals surface area contributed by atoms with E-state index in [1.165, 1.54) is 38.2 Å². The maximum Gasteiger partial charge on any atom is 0.151 e. The van der Waals surface area contributed by atoms with Gasteiger partial charge in [-0.05, 0) is 86.7 Å². The smallest absolute Gasteiger partial charge is 0.151 e. The summed E-state index contributed by atoms with van der Waals surface area (Å²) < 4.78 is 4.58. The molecule has 0 saturated carbocycles. The van der Waals surface area contributed by atoms with Crippen molar-refractivity contribution < 1.29 is 9.52 Å². The van der Waals surface area contributed by atoms with Crippen LogP contribution in [-0.4, -0.2) is 20.1 Å². The number of aliphatic hydroxyl groups is 1. The molecule has 4 N–H and O–H groups in total. The fraction of sp³-hybridized carbons (Fsp3) is 0.200. The largest absolute Gasteiger partial charge is 0.473 e. The molecule has 7 rings (SSSR count). The first-order valence-electron chi connectivity index (χ1n) is 12.3. The first kappa shape index (κ1) is 22.3. The van der Waals surface area contributed by atoms with Crippen LogP contribution in [0.1, 0.15) is 35.1 Å². The van der Waals surface area contributed by atoms with Crippen molar-refractivity contribution >= 4 is 38.4 Å². The molecule has 0 spiro atoms. The molecular formula is C30H28N4O2. The Bertz CT molecular complexity index is 1650. The minimum absolute atomic E-state index is 0.0498. The minimum Gasteiger partial charge on any atom is -0.473 e. The molecule has 1 aliphatic rings. The second kappa shape index (κ2) is 9.13. The molecule has 0 aliphatic heterocycles. The highest BCUT2D eigenvalue weighted by atomic mass is 16.3. The Balaban J connectivity index is 0.000000431. The molecule has 6 aromatic rings. The zero-order valence-corrected chi connectivity index (χ0v) is 20.1. The number of furan rings is 1. The third kappa shape index (κ3) is 3.71. The van der Waals surface area contributed by atoms with Gasteiger partial charge in [0.25, 0.3) is 0 Å². The number of aliphatic hydroxyl groups excluding tert-OH is 1. The summed E-state index contributed by atoms with van der Waals surface area (Å²) in [5, 5.41) is 15.1. The maximum absolute atomic E-state index is 10.2. The molecule has 3 aromatic heterocycles. The Hall–Kier alpha value is -4.16. The van der Waals surface area contributed by atoms with Crippen LogP contribution in [0.25, 0.3) is 32.6 Å². The van der Waals surface area contributed by atoms with E-state index in [1.807, 2.05) is 12.1 Å². The molecule has 36 heavy (non-hydrogen) atoms. The van der Waals surface area contributed by atoms with Crippen molar-refractivity contribution in [2.24, 2.45) is 5.92 Å². The van der Waals surface area contributed by atoms with Crippen molar-refractivity contribution in [2.45, 2.75) is 32.3 Å². The molecule has 3 aromatic carbocycles. The molecule has 180 valence electrons. The molecule has 6 heteroatoms. The van der Waals surface area contributed by atoms with E-state index in [9.17, 15) is 5.11 Å². The standard InChI is InChI=1S/C26H24N4O.C4H4O/c1-14-8-21-16(10-20(14)22-11-28-25-24(22)29-13-30-26(25)27)6-7-19-18-5-3-2-4-15(18)9-17(12-31)23(19)21;1-2-4-5-3-1/h2-7,9,11,13-14,20,28,31H,8,10,12H2,1H3,(H2,27,29,30);1-4H. The average Bonchev–Trinajstić information content (AvgIpc) is 3.62. The summed E-state index contributed by atoms with van der Waals surface area (Å²) in [7, 11) is 0. The van der Waals surface area contributed by atoms with Gasteiger partial charge in [0.15, 0.2) is 5.82 Å². The number of nitrogen functional groups attached to an aromatic ring is 1. The van der Waals surface area contributed by atoms with Crippen molar-refractivity contribution in [3.63, 3.8) is 0 Å². The van der Waals surface area contributed by atoms with Gasteiger partial charge in [0.1, 0.15) is 11.8 Å². The molecule has 0 amide bonds. The normalized spacial score (nSPS) is 17.2. The molecule has 0 saturated heterocycles. The number of anilines is 1. The molecule has 1 aliphatic carbocycles. The lowest BCUT2D eigenvalue weighted by Gasteiger charge is -2.32. The van der Waals surface area contributed by atoms with Gasteiger partial charge in [-0.15, -0.1) is 0 Å². The van der Waals surface area contributed by atoms with Gasteiger partial charge in [0.05, 0.1) is 24.6 Å². The van der Waals surface area contributed by atoms with Gasteiger partial charge in [-0.1, -0.05) is 43.3 Å². The highest BCUT2D eigenvalue weighted by Crippen LogP contribution is 2.43. The molecule has 0 radical (unpaired) electrons. The number of hydrogen-bond donors (Lipinski definition) is 3. The van der Waals surface area contributed by atoms with Gasteiger partial charge in [0.2, 0.25) is 0 Å². The first-order valence-corrected chi connectivity index (χ1v) is 12.3. The molecule has 3 heterocycles. The van der Waals surface area contributed by atoms with E-state index in [1.54, 1.807) is 18.9 Å². The van der Waals surface area contributed by atoms with Gasteiger partial charge in [0, 0.05) is 6.20 Å². The second-order valence-corrected chi connectivity index (χ2v) is 9.55. The van der Waals surface area contributed by atoms with Gasteiger partial charge >= 0.3 is 0 Å². The Morgan fingerprint density at radius 2 is 1.86 bits per heavy atom. The number of nitrogens with zero attached hydrogens (tertiary/aromatic N) is 2. The number of rotatable bonds is 2. The van der Waals surface area contributed by atoms with E-state index in [0.29, 0.717) is 17.7 Å². The van der Waals surface area contributed by atoms with Gasteiger partial charge < -0.3 is 20.2 Å².